The zero-order chi connectivity index (χ0) is 22.2. The van der Waals surface area contributed by atoms with Crippen molar-refractivity contribution in [1.29, 1.82) is 0 Å². The summed E-state index contributed by atoms with van der Waals surface area (Å²) >= 11 is 0. The summed E-state index contributed by atoms with van der Waals surface area (Å²) in [6.07, 6.45) is -4.46. The highest BCUT2D eigenvalue weighted by Crippen LogP contribution is 2.37. The van der Waals surface area contributed by atoms with E-state index in [0.717, 1.165) is 19.0 Å². The van der Waals surface area contributed by atoms with E-state index in [0.29, 0.717) is 34.6 Å². The van der Waals surface area contributed by atoms with Crippen LogP contribution in [0, 0.1) is 6.92 Å². The fourth-order valence-electron chi connectivity index (χ4n) is 3.97. The lowest BCUT2D eigenvalue weighted by Crippen LogP contribution is -2.36. The van der Waals surface area contributed by atoms with E-state index in [1.807, 2.05) is 0 Å². The molecule has 0 aliphatic carbocycles. The maximum absolute atomic E-state index is 13.4. The van der Waals surface area contributed by atoms with Crippen LogP contribution in [-0.4, -0.2) is 25.0 Å². The predicted octanol–water partition coefficient (Wildman–Crippen LogP) is 4.99. The molecule has 2 aromatic carbocycles. The molecule has 4 rings (SSSR count). The van der Waals surface area contributed by atoms with Crippen molar-refractivity contribution in [3.05, 3.63) is 64.9 Å². The van der Waals surface area contributed by atoms with Crippen LogP contribution in [-0.2, 0) is 6.18 Å². The van der Waals surface area contributed by atoms with Gasteiger partial charge in [-0.15, -0.1) is 0 Å². The van der Waals surface area contributed by atoms with E-state index < -0.39 is 17.8 Å². The highest BCUT2D eigenvalue weighted by atomic mass is 19.4. The second kappa shape index (κ2) is 8.26. The summed E-state index contributed by atoms with van der Waals surface area (Å²) < 4.78 is 51.6. The Morgan fingerprint density at radius 1 is 1.26 bits per heavy atom. The Morgan fingerprint density at radius 3 is 2.74 bits per heavy atom. The van der Waals surface area contributed by atoms with Crippen LogP contribution in [0.1, 0.15) is 46.7 Å². The van der Waals surface area contributed by atoms with Gasteiger partial charge in [-0.05, 0) is 51.1 Å². The van der Waals surface area contributed by atoms with Crippen LogP contribution in [0.4, 0.5) is 13.2 Å². The van der Waals surface area contributed by atoms with Gasteiger partial charge in [-0.25, -0.2) is 0 Å². The summed E-state index contributed by atoms with van der Waals surface area (Å²) in [6, 6.07) is 10.3. The van der Waals surface area contributed by atoms with E-state index >= 15 is 0 Å². The van der Waals surface area contributed by atoms with Crippen molar-refractivity contribution in [1.82, 2.24) is 10.6 Å². The third-order valence-corrected chi connectivity index (χ3v) is 5.48. The molecule has 1 aliphatic rings. The first-order valence-electron chi connectivity index (χ1n) is 10.1. The summed E-state index contributed by atoms with van der Waals surface area (Å²) in [6.45, 7) is 4.84. The average molecular weight is 432 g/mol. The fourth-order valence-corrected chi connectivity index (χ4v) is 3.97. The van der Waals surface area contributed by atoms with Crippen LogP contribution in [0.3, 0.4) is 0 Å². The number of hydrogen-bond acceptors (Lipinski definition) is 4. The van der Waals surface area contributed by atoms with Gasteiger partial charge in [0, 0.05) is 23.5 Å². The van der Waals surface area contributed by atoms with Crippen LogP contribution >= 0.6 is 0 Å². The Morgan fingerprint density at radius 2 is 2.03 bits per heavy atom. The topological polar surface area (TPSA) is 63.5 Å². The molecule has 164 valence electrons. The molecular weight excluding hydrogens is 409 g/mol. The van der Waals surface area contributed by atoms with Crippen LogP contribution in [0.15, 0.2) is 46.9 Å². The van der Waals surface area contributed by atoms with Crippen molar-refractivity contribution in [2.24, 2.45) is 0 Å². The lowest BCUT2D eigenvalue weighted by molar-refractivity contribution is -0.138. The molecule has 8 heteroatoms. The molecule has 2 N–H and O–H groups in total. The molecule has 0 spiro atoms. The third kappa shape index (κ3) is 4.39. The molecule has 5 nitrogen and oxygen atoms in total. The number of carbonyl (C=O) groups is 1. The van der Waals surface area contributed by atoms with Crippen LogP contribution in [0.5, 0.6) is 5.75 Å². The SMILES string of the molecule is Cc1oc2ccc(OC(C)c3ccccc3C(F)(F)F)cc2c1C(=O)N[C@@H]1CCNC1. The number of aryl methyl sites for hydroxylation is 1. The molecule has 1 amide bonds. The van der Waals surface area contributed by atoms with Gasteiger partial charge in [-0.1, -0.05) is 18.2 Å². The van der Waals surface area contributed by atoms with Gasteiger partial charge < -0.3 is 19.8 Å². The number of nitrogens with one attached hydrogen (secondary N) is 2. The molecule has 0 radical (unpaired) electrons. The van der Waals surface area contributed by atoms with Gasteiger partial charge in [0.05, 0.1) is 11.1 Å². The Kier molecular flexibility index (Phi) is 5.66. The first-order valence-corrected chi connectivity index (χ1v) is 10.1. The lowest BCUT2D eigenvalue weighted by Gasteiger charge is -2.20. The number of rotatable bonds is 5. The summed E-state index contributed by atoms with van der Waals surface area (Å²) in [5.74, 6) is 0.595. The number of benzene rings is 2. The lowest BCUT2D eigenvalue weighted by atomic mass is 10.0. The van der Waals surface area contributed by atoms with Crippen LogP contribution in [0.25, 0.3) is 11.0 Å². The van der Waals surface area contributed by atoms with Crippen molar-refractivity contribution >= 4 is 16.9 Å². The van der Waals surface area contributed by atoms with Crippen molar-refractivity contribution in [2.45, 2.75) is 38.6 Å². The number of furan rings is 1. The first kappa shape index (κ1) is 21.2. The van der Waals surface area contributed by atoms with Gasteiger partial charge in [-0.3, -0.25) is 4.79 Å². The number of fused-ring (bicyclic) bond motifs is 1. The Bertz CT molecular complexity index is 1100. The summed E-state index contributed by atoms with van der Waals surface area (Å²) in [4.78, 5) is 12.8. The minimum Gasteiger partial charge on any atom is -0.486 e. The van der Waals surface area contributed by atoms with Crippen molar-refractivity contribution < 1.29 is 27.1 Å². The Hall–Kier alpha value is -3.00. The number of alkyl halides is 3. The zero-order valence-corrected chi connectivity index (χ0v) is 17.2. The molecule has 1 aliphatic heterocycles. The summed E-state index contributed by atoms with van der Waals surface area (Å²) in [5, 5.41) is 6.76. The minimum absolute atomic E-state index is 0.0465. The molecule has 1 aromatic heterocycles. The standard InChI is InChI=1S/C23H23F3N2O3/c1-13(17-5-3-4-6-19(17)23(24,25)26)30-16-7-8-20-18(11-16)21(14(2)31-20)22(29)28-15-9-10-27-12-15/h3-8,11,13,15,27H,9-10,12H2,1-2H3,(H,28,29)/t13?,15-/m1/s1. The first-order chi connectivity index (χ1) is 14.7. The maximum Gasteiger partial charge on any atom is 0.416 e. The van der Waals surface area contributed by atoms with Crippen molar-refractivity contribution in [3.63, 3.8) is 0 Å². The third-order valence-electron chi connectivity index (χ3n) is 5.48. The summed E-state index contributed by atoms with van der Waals surface area (Å²) in [5.41, 5.74) is 0.247. The second-order valence-electron chi connectivity index (χ2n) is 7.70. The molecule has 0 saturated carbocycles. The van der Waals surface area contributed by atoms with E-state index in [9.17, 15) is 18.0 Å². The number of carbonyl (C=O) groups excluding carboxylic acids is 1. The van der Waals surface area contributed by atoms with Crippen LogP contribution < -0.4 is 15.4 Å². The van der Waals surface area contributed by atoms with E-state index in [1.54, 1.807) is 38.1 Å². The number of halogens is 3. The van der Waals surface area contributed by atoms with Crippen molar-refractivity contribution in [3.8, 4) is 5.75 Å². The molecular formula is C23H23F3N2O3. The molecule has 2 atom stereocenters. The van der Waals surface area contributed by atoms with E-state index in [4.69, 9.17) is 9.15 Å². The largest absolute Gasteiger partial charge is 0.486 e. The van der Waals surface area contributed by atoms with Gasteiger partial charge in [0.25, 0.3) is 5.91 Å². The minimum atomic E-state index is -4.47. The smallest absolute Gasteiger partial charge is 0.416 e. The van der Waals surface area contributed by atoms with E-state index in [2.05, 4.69) is 10.6 Å². The summed E-state index contributed by atoms with van der Waals surface area (Å²) in [7, 11) is 0. The fraction of sp³-hybridized carbons (Fsp3) is 0.348. The Balaban J connectivity index is 1.62. The van der Waals surface area contributed by atoms with Gasteiger partial charge in [0.1, 0.15) is 23.2 Å². The van der Waals surface area contributed by atoms with E-state index in [-0.39, 0.29) is 17.5 Å². The molecule has 3 aromatic rings. The normalized spacial score (nSPS) is 17.6. The molecule has 1 fully saturated rings. The quantitative estimate of drug-likeness (QED) is 0.596. The monoisotopic (exact) mass is 432 g/mol. The van der Waals surface area contributed by atoms with Gasteiger partial charge in [0.15, 0.2) is 0 Å². The maximum atomic E-state index is 13.4. The second-order valence-corrected chi connectivity index (χ2v) is 7.70. The number of hydrogen-bond donors (Lipinski definition) is 2. The average Bonchev–Trinajstić information content (AvgIpc) is 3.33. The molecule has 31 heavy (non-hydrogen) atoms. The predicted molar refractivity (Wildman–Crippen MR) is 110 cm³/mol. The number of ether oxygens (including phenoxy) is 1. The van der Waals surface area contributed by atoms with Gasteiger partial charge >= 0.3 is 6.18 Å². The highest BCUT2D eigenvalue weighted by Gasteiger charge is 2.34. The zero-order valence-electron chi connectivity index (χ0n) is 17.2. The molecule has 2 heterocycles. The van der Waals surface area contributed by atoms with E-state index in [1.165, 1.54) is 12.1 Å². The highest BCUT2D eigenvalue weighted by molar-refractivity contribution is 6.07. The van der Waals surface area contributed by atoms with Crippen molar-refractivity contribution in [2.75, 3.05) is 13.1 Å². The molecule has 1 unspecified atom stereocenters. The molecule has 1 saturated heterocycles. The van der Waals surface area contributed by atoms with Gasteiger partial charge in [-0.2, -0.15) is 13.2 Å². The number of amides is 1. The van der Waals surface area contributed by atoms with Crippen LogP contribution in [0.2, 0.25) is 0 Å². The van der Waals surface area contributed by atoms with Gasteiger partial charge in [0.2, 0.25) is 0 Å². The Labute approximate surface area is 177 Å². The molecule has 0 bridgehead atoms.